The Balaban J connectivity index is 1.67. The van der Waals surface area contributed by atoms with Crippen LogP contribution < -0.4 is 4.72 Å². The third kappa shape index (κ3) is 3.31. The number of halogens is 1. The van der Waals surface area contributed by atoms with Gasteiger partial charge in [0.2, 0.25) is 0 Å². The highest BCUT2D eigenvalue weighted by molar-refractivity contribution is 7.92. The Morgan fingerprint density at radius 3 is 2.46 bits per heavy atom. The first-order valence-electron chi connectivity index (χ1n) is 7.98. The van der Waals surface area contributed by atoms with Gasteiger partial charge in [-0.25, -0.2) is 8.42 Å². The molecule has 0 saturated carbocycles. The van der Waals surface area contributed by atoms with Gasteiger partial charge in [0.1, 0.15) is 0 Å². The average Bonchev–Trinajstić information content (AvgIpc) is 3.06. The molecule has 0 unspecified atom stereocenters. The van der Waals surface area contributed by atoms with E-state index in [9.17, 15) is 8.42 Å². The van der Waals surface area contributed by atoms with Gasteiger partial charge in [-0.2, -0.15) is 0 Å². The Morgan fingerprint density at radius 2 is 1.65 bits per heavy atom. The summed E-state index contributed by atoms with van der Waals surface area (Å²) in [4.78, 5) is 3.47. The third-order valence-corrected chi connectivity index (χ3v) is 5.68. The normalized spacial score (nSPS) is 11.6. The smallest absolute Gasteiger partial charge is 0.261 e. The molecule has 0 atom stereocenters. The summed E-state index contributed by atoms with van der Waals surface area (Å²) in [6.07, 6.45) is 0. The fourth-order valence-corrected chi connectivity index (χ4v) is 4.18. The van der Waals surface area contributed by atoms with Crippen LogP contribution in [0.15, 0.2) is 83.8 Å². The topological polar surface area (TPSA) is 62.0 Å². The summed E-state index contributed by atoms with van der Waals surface area (Å²) in [5, 5.41) is 1.48. The van der Waals surface area contributed by atoms with Gasteiger partial charge in [0.05, 0.1) is 4.90 Å². The average molecular weight is 383 g/mol. The Bertz CT molecular complexity index is 1170. The molecule has 26 heavy (non-hydrogen) atoms. The van der Waals surface area contributed by atoms with E-state index in [-0.39, 0.29) is 4.90 Å². The first-order valence-corrected chi connectivity index (χ1v) is 9.84. The second-order valence-corrected chi connectivity index (χ2v) is 8.03. The van der Waals surface area contributed by atoms with Crippen LogP contribution in [0.5, 0.6) is 0 Å². The van der Waals surface area contributed by atoms with Crippen LogP contribution in [0.1, 0.15) is 0 Å². The summed E-state index contributed by atoms with van der Waals surface area (Å²) >= 11 is 5.90. The van der Waals surface area contributed by atoms with Crippen molar-refractivity contribution in [1.29, 1.82) is 0 Å². The van der Waals surface area contributed by atoms with E-state index in [1.165, 1.54) is 12.1 Å². The van der Waals surface area contributed by atoms with E-state index >= 15 is 0 Å². The first-order chi connectivity index (χ1) is 12.5. The van der Waals surface area contributed by atoms with Gasteiger partial charge in [-0.3, -0.25) is 4.72 Å². The molecule has 0 aliphatic rings. The van der Waals surface area contributed by atoms with Crippen LogP contribution in [0.4, 0.5) is 5.69 Å². The quantitative estimate of drug-likeness (QED) is 0.503. The lowest BCUT2D eigenvalue weighted by Crippen LogP contribution is -2.12. The highest BCUT2D eigenvalue weighted by Gasteiger charge is 2.15. The van der Waals surface area contributed by atoms with Gasteiger partial charge in [-0.05, 0) is 42.5 Å². The van der Waals surface area contributed by atoms with E-state index in [0.717, 1.165) is 22.2 Å². The highest BCUT2D eigenvalue weighted by atomic mass is 35.5. The van der Waals surface area contributed by atoms with Gasteiger partial charge in [-0.15, -0.1) is 0 Å². The summed E-state index contributed by atoms with van der Waals surface area (Å²) < 4.78 is 27.7. The number of H-pyrrole nitrogens is 1. The van der Waals surface area contributed by atoms with Crippen molar-refractivity contribution in [3.8, 4) is 11.3 Å². The van der Waals surface area contributed by atoms with Crippen LogP contribution in [0.25, 0.3) is 22.2 Å². The highest BCUT2D eigenvalue weighted by Crippen LogP contribution is 2.27. The summed E-state index contributed by atoms with van der Waals surface area (Å²) in [7, 11) is -3.70. The van der Waals surface area contributed by atoms with Crippen molar-refractivity contribution in [2.24, 2.45) is 0 Å². The molecule has 0 fully saturated rings. The van der Waals surface area contributed by atoms with Crippen molar-refractivity contribution in [1.82, 2.24) is 4.98 Å². The molecule has 0 amide bonds. The van der Waals surface area contributed by atoms with Gasteiger partial charge in [0, 0.05) is 32.9 Å². The van der Waals surface area contributed by atoms with Crippen molar-refractivity contribution in [2.45, 2.75) is 4.90 Å². The number of hydrogen-bond donors (Lipinski definition) is 2. The number of aromatic amines is 1. The van der Waals surface area contributed by atoms with Crippen molar-refractivity contribution >= 4 is 38.2 Å². The van der Waals surface area contributed by atoms with Gasteiger partial charge >= 0.3 is 0 Å². The van der Waals surface area contributed by atoms with Crippen LogP contribution in [0, 0.1) is 0 Å². The number of para-hydroxylation sites is 1. The van der Waals surface area contributed by atoms with Gasteiger partial charge in [0.25, 0.3) is 10.0 Å². The maximum atomic E-state index is 12.6. The molecule has 4 rings (SSSR count). The number of sulfonamides is 1. The lowest BCUT2D eigenvalue weighted by Gasteiger charge is -2.09. The number of hydrogen-bond acceptors (Lipinski definition) is 2. The summed E-state index contributed by atoms with van der Waals surface area (Å²) in [5.74, 6) is 0. The Labute approximate surface area is 156 Å². The summed E-state index contributed by atoms with van der Waals surface area (Å²) in [6.45, 7) is 0. The van der Waals surface area contributed by atoms with Crippen LogP contribution in [-0.4, -0.2) is 13.4 Å². The standard InChI is InChI=1S/C20H15ClN2O2S/c21-16-7-4-9-18(13-16)26(24,25)23-17-8-3-6-14(11-17)20-12-15-5-1-2-10-19(15)22-20/h1-13,22-23H. The van der Waals surface area contributed by atoms with E-state index < -0.39 is 10.0 Å². The summed E-state index contributed by atoms with van der Waals surface area (Å²) in [6, 6.07) is 23.5. The summed E-state index contributed by atoms with van der Waals surface area (Å²) in [5.41, 5.74) is 3.34. The number of aromatic nitrogens is 1. The van der Waals surface area contributed by atoms with E-state index in [4.69, 9.17) is 11.6 Å². The predicted octanol–water partition coefficient (Wildman–Crippen LogP) is 5.29. The SMILES string of the molecule is O=S(=O)(Nc1cccc(-c2cc3ccccc3[nH]2)c1)c1cccc(Cl)c1. The molecule has 4 aromatic rings. The van der Waals surface area contributed by atoms with Crippen LogP contribution in [-0.2, 0) is 10.0 Å². The number of anilines is 1. The van der Waals surface area contributed by atoms with E-state index in [2.05, 4.69) is 9.71 Å². The minimum Gasteiger partial charge on any atom is -0.355 e. The molecule has 3 aromatic carbocycles. The fraction of sp³-hybridized carbons (Fsp3) is 0. The van der Waals surface area contributed by atoms with Crippen molar-refractivity contribution < 1.29 is 8.42 Å². The minimum absolute atomic E-state index is 0.126. The first kappa shape index (κ1) is 16.7. The van der Waals surface area contributed by atoms with Crippen molar-refractivity contribution in [3.63, 3.8) is 0 Å². The zero-order chi connectivity index (χ0) is 18.1. The lowest BCUT2D eigenvalue weighted by atomic mass is 10.1. The molecule has 1 aromatic heterocycles. The molecule has 0 bridgehead atoms. The Kier molecular flexibility index (Phi) is 4.18. The number of rotatable bonds is 4. The molecular weight excluding hydrogens is 368 g/mol. The monoisotopic (exact) mass is 382 g/mol. The third-order valence-electron chi connectivity index (χ3n) is 4.06. The second kappa shape index (κ2) is 6.52. The number of benzene rings is 3. The molecule has 1 heterocycles. The Hall–Kier alpha value is -2.76. The Morgan fingerprint density at radius 1 is 0.846 bits per heavy atom. The van der Waals surface area contributed by atoms with E-state index in [0.29, 0.717) is 10.7 Å². The van der Waals surface area contributed by atoms with Gasteiger partial charge < -0.3 is 4.98 Å². The maximum Gasteiger partial charge on any atom is 0.261 e. The van der Waals surface area contributed by atoms with Crippen LogP contribution >= 0.6 is 11.6 Å². The molecule has 130 valence electrons. The molecular formula is C20H15ClN2O2S. The van der Waals surface area contributed by atoms with Crippen molar-refractivity contribution in [3.05, 3.63) is 83.9 Å². The second-order valence-electron chi connectivity index (χ2n) is 5.91. The predicted molar refractivity (Wildman–Crippen MR) is 106 cm³/mol. The lowest BCUT2D eigenvalue weighted by molar-refractivity contribution is 0.601. The number of fused-ring (bicyclic) bond motifs is 1. The minimum atomic E-state index is -3.70. The molecule has 0 aliphatic carbocycles. The molecule has 4 nitrogen and oxygen atoms in total. The van der Waals surface area contributed by atoms with Crippen LogP contribution in [0.3, 0.4) is 0 Å². The molecule has 0 aliphatic heterocycles. The van der Waals surface area contributed by atoms with Gasteiger partial charge in [0.15, 0.2) is 0 Å². The van der Waals surface area contributed by atoms with Crippen LogP contribution in [0.2, 0.25) is 5.02 Å². The number of nitrogens with one attached hydrogen (secondary N) is 2. The van der Waals surface area contributed by atoms with E-state index in [1.807, 2.05) is 42.5 Å². The molecule has 0 radical (unpaired) electrons. The van der Waals surface area contributed by atoms with E-state index in [1.54, 1.807) is 24.3 Å². The van der Waals surface area contributed by atoms with Crippen molar-refractivity contribution in [2.75, 3.05) is 4.72 Å². The molecule has 0 saturated heterocycles. The fourth-order valence-electron chi connectivity index (χ4n) is 2.83. The molecule has 2 N–H and O–H groups in total. The zero-order valence-corrected chi connectivity index (χ0v) is 15.2. The van der Waals surface area contributed by atoms with Gasteiger partial charge in [-0.1, -0.05) is 48.0 Å². The zero-order valence-electron chi connectivity index (χ0n) is 13.6. The maximum absolute atomic E-state index is 12.6. The molecule has 0 spiro atoms. The molecule has 6 heteroatoms. The largest absolute Gasteiger partial charge is 0.355 e.